The Balaban J connectivity index is 0.00000242. The second kappa shape index (κ2) is 10.8. The van der Waals surface area contributed by atoms with Gasteiger partial charge in [0.15, 0.2) is 5.96 Å². The summed E-state index contributed by atoms with van der Waals surface area (Å²) in [7, 11) is 1.69. The van der Waals surface area contributed by atoms with Crippen LogP contribution in [-0.4, -0.2) is 44.1 Å². The molecule has 0 unspecified atom stereocenters. The lowest BCUT2D eigenvalue weighted by molar-refractivity contribution is 0.185. The molecule has 0 atom stereocenters. The van der Waals surface area contributed by atoms with Crippen LogP contribution in [0.1, 0.15) is 24.8 Å². The van der Waals surface area contributed by atoms with Crippen molar-refractivity contribution in [3.8, 4) is 0 Å². The van der Waals surface area contributed by atoms with Crippen LogP contribution < -0.4 is 11.1 Å². The Bertz CT molecular complexity index is 461. The maximum Gasteiger partial charge on any atom is 0.193 e. The molecule has 124 valence electrons. The van der Waals surface area contributed by atoms with E-state index in [1.54, 1.807) is 7.11 Å². The smallest absolute Gasteiger partial charge is 0.193 e. The number of likely N-dealkylation sites (tertiary alicyclic amines) is 1. The van der Waals surface area contributed by atoms with E-state index in [0.717, 1.165) is 24.3 Å². The fourth-order valence-corrected chi connectivity index (χ4v) is 2.60. The van der Waals surface area contributed by atoms with Crippen LogP contribution in [0.5, 0.6) is 0 Å². The molecule has 1 aromatic rings. The molecule has 0 amide bonds. The number of anilines is 1. The van der Waals surface area contributed by atoms with Crippen molar-refractivity contribution in [1.29, 1.82) is 0 Å². The third kappa shape index (κ3) is 6.50. The van der Waals surface area contributed by atoms with Crippen molar-refractivity contribution >= 4 is 35.6 Å². The molecular weight excluding hydrogens is 391 g/mol. The van der Waals surface area contributed by atoms with Gasteiger partial charge >= 0.3 is 0 Å². The van der Waals surface area contributed by atoms with Gasteiger partial charge < -0.3 is 20.7 Å². The molecule has 1 aliphatic rings. The van der Waals surface area contributed by atoms with Gasteiger partial charge in [0, 0.05) is 24.9 Å². The van der Waals surface area contributed by atoms with E-state index in [2.05, 4.69) is 15.2 Å². The Morgan fingerprint density at radius 2 is 2.00 bits per heavy atom. The lowest BCUT2D eigenvalue weighted by Crippen LogP contribution is -2.32. The Kier molecular flexibility index (Phi) is 9.42. The number of benzene rings is 1. The molecule has 0 radical (unpaired) electrons. The fourth-order valence-electron chi connectivity index (χ4n) is 2.60. The minimum absolute atomic E-state index is 0. The Hall–Kier alpha value is -0.860. The Labute approximate surface area is 150 Å². The van der Waals surface area contributed by atoms with Gasteiger partial charge in [-0.25, -0.2) is 0 Å². The Morgan fingerprint density at radius 3 is 2.73 bits per heavy atom. The number of nitrogens with two attached hydrogens (primary N) is 1. The minimum Gasteiger partial charge on any atom is -0.380 e. The summed E-state index contributed by atoms with van der Waals surface area (Å²) in [6, 6.07) is 7.97. The lowest BCUT2D eigenvalue weighted by atomic mass is 10.1. The zero-order chi connectivity index (χ0) is 14.9. The molecule has 1 heterocycles. The van der Waals surface area contributed by atoms with Crippen LogP contribution in [0.15, 0.2) is 29.3 Å². The largest absolute Gasteiger partial charge is 0.380 e. The number of piperidine rings is 1. The quantitative estimate of drug-likeness (QED) is 0.424. The molecule has 5 nitrogen and oxygen atoms in total. The second-order valence-electron chi connectivity index (χ2n) is 5.38. The maximum absolute atomic E-state index is 5.97. The van der Waals surface area contributed by atoms with E-state index >= 15 is 0 Å². The minimum atomic E-state index is 0. The number of hydrogen-bond donors (Lipinski definition) is 2. The van der Waals surface area contributed by atoms with Gasteiger partial charge in [-0.05, 0) is 32.0 Å². The van der Waals surface area contributed by atoms with Crippen molar-refractivity contribution in [3.05, 3.63) is 29.8 Å². The highest BCUT2D eigenvalue weighted by Gasteiger charge is 2.09. The molecule has 1 aliphatic heterocycles. The highest BCUT2D eigenvalue weighted by molar-refractivity contribution is 14.0. The van der Waals surface area contributed by atoms with Crippen molar-refractivity contribution in [2.24, 2.45) is 10.7 Å². The highest BCUT2D eigenvalue weighted by atomic mass is 127. The van der Waals surface area contributed by atoms with Crippen molar-refractivity contribution in [2.45, 2.75) is 25.9 Å². The normalized spacial score (nSPS) is 16.1. The average Bonchev–Trinajstić information content (AvgIpc) is 2.50. The van der Waals surface area contributed by atoms with E-state index in [4.69, 9.17) is 10.5 Å². The number of ether oxygens (including phenoxy) is 1. The second-order valence-corrected chi connectivity index (χ2v) is 5.38. The van der Waals surface area contributed by atoms with E-state index in [1.807, 2.05) is 24.3 Å². The molecule has 0 spiro atoms. The van der Waals surface area contributed by atoms with E-state index in [1.165, 1.54) is 32.4 Å². The molecule has 6 heteroatoms. The molecule has 3 N–H and O–H groups in total. The van der Waals surface area contributed by atoms with Crippen molar-refractivity contribution in [1.82, 2.24) is 4.90 Å². The van der Waals surface area contributed by atoms with Crippen LogP contribution in [0.3, 0.4) is 0 Å². The van der Waals surface area contributed by atoms with Crippen molar-refractivity contribution in [2.75, 3.05) is 38.6 Å². The van der Waals surface area contributed by atoms with Gasteiger partial charge in [0.1, 0.15) is 0 Å². The van der Waals surface area contributed by atoms with Crippen LogP contribution >= 0.6 is 24.0 Å². The summed E-state index contributed by atoms with van der Waals surface area (Å²) in [5, 5.41) is 3.16. The molecule has 1 saturated heterocycles. The molecule has 0 aromatic heterocycles. The fraction of sp³-hybridized carbons (Fsp3) is 0.562. The van der Waals surface area contributed by atoms with Crippen LogP contribution in [-0.2, 0) is 11.3 Å². The number of nitrogens with one attached hydrogen (secondary N) is 1. The number of hydrogen-bond acceptors (Lipinski definition) is 3. The zero-order valence-electron chi connectivity index (χ0n) is 13.3. The average molecular weight is 418 g/mol. The van der Waals surface area contributed by atoms with Crippen LogP contribution in [0.4, 0.5) is 5.69 Å². The van der Waals surface area contributed by atoms with Gasteiger partial charge in [-0.1, -0.05) is 24.6 Å². The van der Waals surface area contributed by atoms with E-state index < -0.39 is 0 Å². The van der Waals surface area contributed by atoms with Gasteiger partial charge in [0.2, 0.25) is 0 Å². The topological polar surface area (TPSA) is 62.9 Å². The number of aliphatic imine (C=N–C) groups is 1. The predicted molar refractivity (Wildman–Crippen MR) is 103 cm³/mol. The standard InChI is InChI=1S/C16H26N4O.HI/c1-21-13-14-7-3-4-8-15(14)19-16(17)18-9-12-20-10-5-2-6-11-20;/h3-4,7-8H,2,5-6,9-13H2,1H3,(H3,17,18,19);1H. The van der Waals surface area contributed by atoms with Crippen molar-refractivity contribution in [3.63, 3.8) is 0 Å². The summed E-state index contributed by atoms with van der Waals surface area (Å²) in [5.41, 5.74) is 8.00. The van der Waals surface area contributed by atoms with E-state index in [0.29, 0.717) is 12.6 Å². The van der Waals surface area contributed by atoms with Crippen molar-refractivity contribution < 1.29 is 4.74 Å². The van der Waals surface area contributed by atoms with E-state index in [9.17, 15) is 0 Å². The van der Waals surface area contributed by atoms with Gasteiger partial charge in [-0.2, -0.15) is 0 Å². The first-order chi connectivity index (χ1) is 10.3. The predicted octanol–water partition coefficient (Wildman–Crippen LogP) is 2.66. The molecule has 1 fully saturated rings. The third-order valence-electron chi connectivity index (χ3n) is 3.73. The summed E-state index contributed by atoms with van der Waals surface area (Å²) in [6.45, 7) is 4.68. The third-order valence-corrected chi connectivity index (χ3v) is 3.73. The lowest BCUT2D eigenvalue weighted by Gasteiger charge is -2.25. The number of halogens is 1. The molecule has 0 bridgehead atoms. The van der Waals surface area contributed by atoms with Crippen LogP contribution in [0.25, 0.3) is 0 Å². The Morgan fingerprint density at radius 1 is 1.27 bits per heavy atom. The first-order valence-electron chi connectivity index (χ1n) is 7.66. The summed E-state index contributed by atoms with van der Waals surface area (Å²) in [4.78, 5) is 6.87. The maximum atomic E-state index is 5.97. The van der Waals surface area contributed by atoms with Crippen LogP contribution in [0, 0.1) is 0 Å². The van der Waals surface area contributed by atoms with Gasteiger partial charge in [-0.3, -0.25) is 4.99 Å². The van der Waals surface area contributed by atoms with Crippen LogP contribution in [0.2, 0.25) is 0 Å². The molecular formula is C16H27IN4O. The van der Waals surface area contributed by atoms with Gasteiger partial charge in [0.25, 0.3) is 0 Å². The number of para-hydroxylation sites is 1. The zero-order valence-corrected chi connectivity index (χ0v) is 15.6. The number of guanidine groups is 1. The molecule has 2 rings (SSSR count). The summed E-state index contributed by atoms with van der Waals surface area (Å²) in [6.07, 6.45) is 3.98. The number of nitrogens with zero attached hydrogens (tertiary/aromatic N) is 2. The molecule has 0 aliphatic carbocycles. The summed E-state index contributed by atoms with van der Waals surface area (Å²) >= 11 is 0. The summed E-state index contributed by atoms with van der Waals surface area (Å²) in [5.74, 6) is 0.468. The molecule has 22 heavy (non-hydrogen) atoms. The van der Waals surface area contributed by atoms with Gasteiger partial charge in [-0.15, -0.1) is 24.0 Å². The number of rotatable bonds is 6. The monoisotopic (exact) mass is 418 g/mol. The first kappa shape index (κ1) is 19.2. The first-order valence-corrected chi connectivity index (χ1v) is 7.66. The SMILES string of the molecule is COCc1ccccc1NC(N)=NCCN1CCCCC1.I. The molecule has 1 aromatic carbocycles. The molecule has 0 saturated carbocycles. The highest BCUT2D eigenvalue weighted by Crippen LogP contribution is 2.15. The summed E-state index contributed by atoms with van der Waals surface area (Å²) < 4.78 is 5.18. The van der Waals surface area contributed by atoms with E-state index in [-0.39, 0.29) is 24.0 Å². The number of methoxy groups -OCH3 is 1. The van der Waals surface area contributed by atoms with Gasteiger partial charge in [0.05, 0.1) is 13.2 Å².